The maximum atomic E-state index is 14.1. The van der Waals surface area contributed by atoms with Gasteiger partial charge in [-0.1, -0.05) is 23.7 Å². The molecule has 0 N–H and O–H groups in total. The van der Waals surface area contributed by atoms with Crippen molar-refractivity contribution in [3.63, 3.8) is 0 Å². The number of nitrogens with zero attached hydrogens (tertiary/aromatic N) is 5. The summed E-state index contributed by atoms with van der Waals surface area (Å²) in [7, 11) is 0. The van der Waals surface area contributed by atoms with Crippen molar-refractivity contribution in [1.29, 1.82) is 0 Å². The van der Waals surface area contributed by atoms with Gasteiger partial charge in [0.15, 0.2) is 12.4 Å². The minimum atomic E-state index is -0.307. The van der Waals surface area contributed by atoms with Crippen LogP contribution in [0.15, 0.2) is 41.7 Å². The summed E-state index contributed by atoms with van der Waals surface area (Å²) in [5.41, 5.74) is 3.05. The third-order valence-corrected chi connectivity index (χ3v) is 8.59. The lowest BCUT2D eigenvalue weighted by molar-refractivity contribution is -0.838. The van der Waals surface area contributed by atoms with Gasteiger partial charge in [0, 0.05) is 70.3 Å². The van der Waals surface area contributed by atoms with Gasteiger partial charge >= 0.3 is 0 Å². The van der Waals surface area contributed by atoms with Crippen LogP contribution in [0.3, 0.4) is 0 Å². The summed E-state index contributed by atoms with van der Waals surface area (Å²) in [6.45, 7) is 9.15. The number of likely N-dealkylation sites (tertiary alicyclic amines) is 1. The molecule has 1 aliphatic carbocycles. The van der Waals surface area contributed by atoms with Crippen molar-refractivity contribution < 1.29 is 13.8 Å². The van der Waals surface area contributed by atoms with Gasteiger partial charge < -0.3 is 19.7 Å². The summed E-state index contributed by atoms with van der Waals surface area (Å²) >= 11 is 6.25. The molecule has 1 amide bonds. The molecule has 9 heteroatoms. The molecule has 3 saturated heterocycles. The predicted molar refractivity (Wildman–Crippen MR) is 139 cm³/mol. The standard InChI is InChI=1S/C27H37ClFN5O2/c1-21(35)32-14-12-30(13-15-32)16-17-34(36)20-33(26-4-2-3-5-27(26)34)24-8-10-31(11-9-24)19-22-6-7-23(29)18-25(22)28/h4-7,18,24H,2-3,8-17,19-20H2,1H3. The van der Waals surface area contributed by atoms with Gasteiger partial charge in [0.1, 0.15) is 5.82 Å². The Bertz CT molecular complexity index is 1030. The fraction of sp³-hybridized carbons (Fsp3) is 0.593. The summed E-state index contributed by atoms with van der Waals surface area (Å²) in [5, 5.41) is 14.6. The molecule has 196 valence electrons. The largest absolute Gasteiger partial charge is 0.626 e. The second-order valence-corrected chi connectivity index (χ2v) is 11.0. The van der Waals surface area contributed by atoms with E-state index >= 15 is 0 Å². The summed E-state index contributed by atoms with van der Waals surface area (Å²) in [5.74, 6) is -0.176. The number of hydrogen-bond acceptors (Lipinski definition) is 5. The molecular weight excluding hydrogens is 481 g/mol. The Hall–Kier alpha value is -1.97. The number of hydrogen-bond donors (Lipinski definition) is 0. The molecule has 36 heavy (non-hydrogen) atoms. The quantitative estimate of drug-likeness (QED) is 0.425. The lowest BCUT2D eigenvalue weighted by Crippen LogP contribution is -2.52. The molecule has 1 aromatic rings. The number of hydroxylamine groups is 3. The fourth-order valence-corrected chi connectivity index (χ4v) is 6.29. The van der Waals surface area contributed by atoms with Gasteiger partial charge in [0.05, 0.1) is 12.2 Å². The van der Waals surface area contributed by atoms with Gasteiger partial charge in [-0.15, -0.1) is 0 Å². The molecule has 0 saturated carbocycles. The fourth-order valence-electron chi connectivity index (χ4n) is 6.06. The van der Waals surface area contributed by atoms with Crippen molar-refractivity contribution in [2.45, 2.75) is 45.2 Å². The molecule has 3 fully saturated rings. The van der Waals surface area contributed by atoms with Crippen LogP contribution in [0.25, 0.3) is 0 Å². The number of carbonyl (C=O) groups excluding carboxylic acids is 1. The monoisotopic (exact) mass is 517 g/mol. The number of amides is 1. The number of carbonyl (C=O) groups is 1. The van der Waals surface area contributed by atoms with Gasteiger partial charge in [0.25, 0.3) is 0 Å². The van der Waals surface area contributed by atoms with Crippen molar-refractivity contribution in [2.75, 3.05) is 59.0 Å². The van der Waals surface area contributed by atoms with Crippen molar-refractivity contribution in [3.05, 3.63) is 63.4 Å². The third-order valence-electron chi connectivity index (χ3n) is 8.24. The Morgan fingerprint density at radius 2 is 1.81 bits per heavy atom. The zero-order valence-corrected chi connectivity index (χ0v) is 21.9. The van der Waals surface area contributed by atoms with E-state index in [-0.39, 0.29) is 16.4 Å². The maximum absolute atomic E-state index is 14.1. The van der Waals surface area contributed by atoms with Crippen LogP contribution in [0.2, 0.25) is 5.02 Å². The van der Waals surface area contributed by atoms with Gasteiger partial charge in [-0.2, -0.15) is 0 Å². The van der Waals surface area contributed by atoms with Gasteiger partial charge in [-0.3, -0.25) is 14.6 Å². The SMILES string of the molecule is CC(=O)N1CCN(CC[N+]2([O-])CN(C3CCN(Cc4ccc(F)cc4Cl)CC3)C3=CCCC=C32)CC1. The van der Waals surface area contributed by atoms with Crippen LogP contribution in [0.5, 0.6) is 0 Å². The minimum Gasteiger partial charge on any atom is -0.626 e. The lowest BCUT2D eigenvalue weighted by atomic mass is 10.0. The summed E-state index contributed by atoms with van der Waals surface area (Å²) in [6.07, 6.45) is 8.35. The molecule has 3 heterocycles. The second-order valence-electron chi connectivity index (χ2n) is 10.6. The molecule has 0 spiro atoms. The topological polar surface area (TPSA) is 53.1 Å². The maximum Gasteiger partial charge on any atom is 0.219 e. The van der Waals surface area contributed by atoms with E-state index in [9.17, 15) is 14.4 Å². The molecule has 0 bridgehead atoms. The van der Waals surface area contributed by atoms with Crippen LogP contribution in [-0.2, 0) is 11.3 Å². The highest BCUT2D eigenvalue weighted by Gasteiger charge is 2.43. The predicted octanol–water partition coefficient (Wildman–Crippen LogP) is 3.76. The Balaban J connectivity index is 1.18. The molecule has 4 aliphatic rings. The minimum absolute atomic E-state index is 0.131. The van der Waals surface area contributed by atoms with E-state index in [0.29, 0.717) is 24.3 Å². The molecule has 1 unspecified atom stereocenters. The second kappa shape index (κ2) is 10.8. The molecular formula is C27H37ClFN5O2. The van der Waals surface area contributed by atoms with Crippen molar-refractivity contribution in [1.82, 2.24) is 19.6 Å². The normalized spacial score (nSPS) is 26.1. The first-order valence-corrected chi connectivity index (χ1v) is 13.6. The first-order valence-electron chi connectivity index (χ1n) is 13.2. The van der Waals surface area contributed by atoms with Crippen LogP contribution >= 0.6 is 11.6 Å². The van der Waals surface area contributed by atoms with Crippen LogP contribution in [0, 0.1) is 11.0 Å². The first-order chi connectivity index (χ1) is 17.3. The lowest BCUT2D eigenvalue weighted by Gasteiger charge is -2.42. The average molecular weight is 518 g/mol. The molecule has 1 atom stereocenters. The number of quaternary nitrogens is 1. The number of piperazine rings is 1. The summed E-state index contributed by atoms with van der Waals surface area (Å²) in [4.78, 5) is 20.6. The van der Waals surface area contributed by atoms with Gasteiger partial charge in [0.2, 0.25) is 5.91 Å². The first kappa shape index (κ1) is 25.7. The van der Waals surface area contributed by atoms with Crippen LogP contribution in [0.1, 0.15) is 38.2 Å². The van der Waals surface area contributed by atoms with E-state index in [4.69, 9.17) is 11.6 Å². The molecule has 3 aliphatic heterocycles. The van der Waals surface area contributed by atoms with Crippen molar-refractivity contribution in [2.24, 2.45) is 0 Å². The number of allylic oxidation sites excluding steroid dienone is 2. The third kappa shape index (κ3) is 5.48. The highest BCUT2D eigenvalue weighted by Crippen LogP contribution is 2.40. The van der Waals surface area contributed by atoms with E-state index in [0.717, 1.165) is 95.0 Å². The molecule has 5 rings (SSSR count). The number of fused-ring (bicyclic) bond motifs is 1. The highest BCUT2D eigenvalue weighted by molar-refractivity contribution is 6.31. The highest BCUT2D eigenvalue weighted by atomic mass is 35.5. The van der Waals surface area contributed by atoms with E-state index in [1.807, 2.05) is 4.90 Å². The number of rotatable bonds is 6. The van der Waals surface area contributed by atoms with E-state index in [2.05, 4.69) is 26.9 Å². The number of piperidine rings is 1. The Morgan fingerprint density at radius 3 is 2.50 bits per heavy atom. The van der Waals surface area contributed by atoms with E-state index in [1.54, 1.807) is 13.0 Å². The average Bonchev–Trinajstić information content (AvgIpc) is 3.18. The van der Waals surface area contributed by atoms with Crippen LogP contribution in [-0.4, -0.2) is 95.2 Å². The van der Waals surface area contributed by atoms with E-state index in [1.165, 1.54) is 12.1 Å². The Labute approximate surface area is 218 Å². The zero-order chi connectivity index (χ0) is 25.3. The smallest absolute Gasteiger partial charge is 0.219 e. The number of benzene rings is 1. The number of halogens is 2. The summed E-state index contributed by atoms with van der Waals surface area (Å²) < 4.78 is 13.1. The van der Waals surface area contributed by atoms with Crippen molar-refractivity contribution >= 4 is 17.5 Å². The zero-order valence-electron chi connectivity index (χ0n) is 21.2. The van der Waals surface area contributed by atoms with E-state index < -0.39 is 0 Å². The van der Waals surface area contributed by atoms with Gasteiger partial charge in [-0.05, 0) is 49.5 Å². The summed E-state index contributed by atoms with van der Waals surface area (Å²) in [6, 6.07) is 4.98. The molecule has 1 aromatic carbocycles. The van der Waals surface area contributed by atoms with Crippen LogP contribution < -0.4 is 0 Å². The molecule has 0 aromatic heterocycles. The Morgan fingerprint density at radius 1 is 1.08 bits per heavy atom. The molecule has 0 radical (unpaired) electrons. The van der Waals surface area contributed by atoms with Crippen molar-refractivity contribution in [3.8, 4) is 0 Å². The molecule has 7 nitrogen and oxygen atoms in total. The van der Waals surface area contributed by atoms with Crippen LogP contribution in [0.4, 0.5) is 4.39 Å². The van der Waals surface area contributed by atoms with Gasteiger partial charge in [-0.25, -0.2) is 4.39 Å². The Kier molecular flexibility index (Phi) is 7.70.